The van der Waals surface area contributed by atoms with Gasteiger partial charge in [0.05, 0.1) is 0 Å². The molecule has 1 saturated heterocycles. The van der Waals surface area contributed by atoms with Crippen LogP contribution in [-0.2, 0) is 14.3 Å². The number of ether oxygens (including phenoxy) is 1. The monoisotopic (exact) mass is 282 g/mol. The molecule has 1 spiro atoms. The van der Waals surface area contributed by atoms with Crippen LogP contribution in [0.4, 0.5) is 0 Å². The van der Waals surface area contributed by atoms with Crippen LogP contribution in [-0.4, -0.2) is 48.6 Å². The first kappa shape index (κ1) is 15.3. The van der Waals surface area contributed by atoms with E-state index in [1.54, 1.807) is 0 Å². The summed E-state index contributed by atoms with van der Waals surface area (Å²) in [5.74, 6) is 0.140. The molecule has 5 heteroatoms. The van der Waals surface area contributed by atoms with Gasteiger partial charge in [-0.25, -0.2) is 0 Å². The molecule has 0 atom stereocenters. The van der Waals surface area contributed by atoms with E-state index in [-0.39, 0.29) is 11.8 Å². The molecule has 0 radical (unpaired) electrons. The van der Waals surface area contributed by atoms with Crippen LogP contribution in [0.25, 0.3) is 0 Å². The molecular formula is C15H26N2O3. The molecule has 0 bridgehead atoms. The first-order chi connectivity index (χ1) is 9.68. The molecule has 1 aliphatic heterocycles. The van der Waals surface area contributed by atoms with Crippen molar-refractivity contribution in [2.75, 3.05) is 26.3 Å². The van der Waals surface area contributed by atoms with Crippen LogP contribution in [0.2, 0.25) is 0 Å². The minimum atomic E-state index is -0.599. The van der Waals surface area contributed by atoms with Crippen molar-refractivity contribution in [3.05, 3.63) is 0 Å². The predicted octanol–water partition coefficient (Wildman–Crippen LogP) is 1.46. The van der Waals surface area contributed by atoms with E-state index in [0.29, 0.717) is 26.1 Å². The summed E-state index contributed by atoms with van der Waals surface area (Å²) in [5.41, 5.74) is -0.599. The molecule has 0 aromatic rings. The van der Waals surface area contributed by atoms with Gasteiger partial charge in [0.25, 0.3) is 0 Å². The fourth-order valence-electron chi connectivity index (χ4n) is 3.16. The Balaban J connectivity index is 1.90. The van der Waals surface area contributed by atoms with Crippen LogP contribution < -0.4 is 5.32 Å². The third-order valence-electron chi connectivity index (χ3n) is 4.21. The highest BCUT2D eigenvalue weighted by Crippen LogP contribution is 2.32. The van der Waals surface area contributed by atoms with E-state index in [1.807, 2.05) is 4.90 Å². The lowest BCUT2D eigenvalue weighted by Crippen LogP contribution is -2.55. The Morgan fingerprint density at radius 1 is 1.25 bits per heavy atom. The van der Waals surface area contributed by atoms with Crippen molar-refractivity contribution in [3.63, 3.8) is 0 Å². The van der Waals surface area contributed by atoms with Crippen LogP contribution in [0.15, 0.2) is 0 Å². The first-order valence-corrected chi connectivity index (χ1v) is 7.86. The fraction of sp³-hybridized carbons (Fsp3) is 0.867. The minimum Gasteiger partial charge on any atom is -0.381 e. The SMILES string of the molecule is CCCOCCCN1CCC(=O)NC2(CCCC2)C1=O. The Hall–Kier alpha value is -1.10. The topological polar surface area (TPSA) is 58.6 Å². The van der Waals surface area contributed by atoms with Gasteiger partial charge in [0.15, 0.2) is 0 Å². The summed E-state index contributed by atoms with van der Waals surface area (Å²) in [7, 11) is 0. The van der Waals surface area contributed by atoms with Gasteiger partial charge in [0.1, 0.15) is 5.54 Å². The summed E-state index contributed by atoms with van der Waals surface area (Å²) in [5, 5.41) is 2.98. The van der Waals surface area contributed by atoms with Gasteiger partial charge in [-0.15, -0.1) is 0 Å². The molecule has 114 valence electrons. The lowest BCUT2D eigenvalue weighted by molar-refractivity contribution is -0.138. The number of hydrogen-bond acceptors (Lipinski definition) is 3. The number of amides is 2. The Morgan fingerprint density at radius 2 is 2.00 bits per heavy atom. The lowest BCUT2D eigenvalue weighted by Gasteiger charge is -2.31. The van der Waals surface area contributed by atoms with Gasteiger partial charge < -0.3 is 15.0 Å². The van der Waals surface area contributed by atoms with E-state index >= 15 is 0 Å². The zero-order chi connectivity index (χ0) is 14.4. The van der Waals surface area contributed by atoms with Crippen molar-refractivity contribution in [1.82, 2.24) is 10.2 Å². The molecule has 5 nitrogen and oxygen atoms in total. The number of nitrogens with one attached hydrogen (secondary N) is 1. The number of rotatable bonds is 6. The fourth-order valence-corrected chi connectivity index (χ4v) is 3.16. The second-order valence-corrected chi connectivity index (χ2v) is 5.85. The second kappa shape index (κ2) is 7.07. The zero-order valence-electron chi connectivity index (χ0n) is 12.5. The van der Waals surface area contributed by atoms with E-state index in [0.717, 1.165) is 45.1 Å². The Bertz CT molecular complexity index is 351. The van der Waals surface area contributed by atoms with Crippen molar-refractivity contribution in [1.29, 1.82) is 0 Å². The summed E-state index contributed by atoms with van der Waals surface area (Å²) >= 11 is 0. The van der Waals surface area contributed by atoms with E-state index in [9.17, 15) is 9.59 Å². The molecule has 2 amide bonds. The van der Waals surface area contributed by atoms with E-state index in [2.05, 4.69) is 12.2 Å². The normalized spacial score (nSPS) is 22.1. The van der Waals surface area contributed by atoms with Crippen LogP contribution in [0, 0.1) is 0 Å². The number of hydrogen-bond donors (Lipinski definition) is 1. The molecular weight excluding hydrogens is 256 g/mol. The highest BCUT2D eigenvalue weighted by atomic mass is 16.5. The number of carbonyl (C=O) groups excluding carboxylic acids is 2. The Labute approximate surface area is 121 Å². The molecule has 2 rings (SSSR count). The lowest BCUT2D eigenvalue weighted by atomic mass is 9.96. The third kappa shape index (κ3) is 3.51. The van der Waals surface area contributed by atoms with Crippen LogP contribution >= 0.6 is 0 Å². The summed E-state index contributed by atoms with van der Waals surface area (Å²) in [6.07, 6.45) is 5.92. The summed E-state index contributed by atoms with van der Waals surface area (Å²) in [6, 6.07) is 0. The van der Waals surface area contributed by atoms with Gasteiger partial charge in [0.2, 0.25) is 11.8 Å². The molecule has 20 heavy (non-hydrogen) atoms. The van der Waals surface area contributed by atoms with Gasteiger partial charge in [0, 0.05) is 32.7 Å². The Kier molecular flexibility index (Phi) is 5.40. The van der Waals surface area contributed by atoms with Gasteiger partial charge in [-0.3, -0.25) is 9.59 Å². The van der Waals surface area contributed by atoms with E-state index in [1.165, 1.54) is 0 Å². The van der Waals surface area contributed by atoms with Gasteiger partial charge >= 0.3 is 0 Å². The van der Waals surface area contributed by atoms with Crippen molar-refractivity contribution in [2.24, 2.45) is 0 Å². The molecule has 2 aliphatic rings. The standard InChI is InChI=1S/C15H26N2O3/c1-2-11-20-12-5-9-17-10-6-13(18)16-15(14(17)19)7-3-4-8-15/h2-12H2,1H3,(H,16,18). The second-order valence-electron chi connectivity index (χ2n) is 5.85. The molecule has 2 fully saturated rings. The summed E-state index contributed by atoms with van der Waals surface area (Å²) in [6.45, 7) is 4.78. The first-order valence-electron chi connectivity index (χ1n) is 7.86. The molecule has 1 saturated carbocycles. The predicted molar refractivity (Wildman–Crippen MR) is 76.3 cm³/mol. The highest BCUT2D eigenvalue weighted by molar-refractivity contribution is 5.93. The van der Waals surface area contributed by atoms with Crippen molar-refractivity contribution >= 4 is 11.8 Å². The smallest absolute Gasteiger partial charge is 0.248 e. The number of carbonyl (C=O) groups is 2. The highest BCUT2D eigenvalue weighted by Gasteiger charge is 2.46. The quantitative estimate of drug-likeness (QED) is 0.750. The van der Waals surface area contributed by atoms with E-state index in [4.69, 9.17) is 4.74 Å². The molecule has 0 unspecified atom stereocenters. The van der Waals surface area contributed by atoms with Gasteiger partial charge in [-0.05, 0) is 25.7 Å². The summed E-state index contributed by atoms with van der Waals surface area (Å²) < 4.78 is 5.46. The van der Waals surface area contributed by atoms with Crippen molar-refractivity contribution in [2.45, 2.75) is 57.4 Å². The van der Waals surface area contributed by atoms with E-state index < -0.39 is 5.54 Å². The van der Waals surface area contributed by atoms with Crippen LogP contribution in [0.5, 0.6) is 0 Å². The average molecular weight is 282 g/mol. The maximum absolute atomic E-state index is 12.7. The molecule has 0 aromatic heterocycles. The minimum absolute atomic E-state index is 0.0185. The van der Waals surface area contributed by atoms with Crippen LogP contribution in [0.1, 0.15) is 51.9 Å². The maximum atomic E-state index is 12.7. The maximum Gasteiger partial charge on any atom is 0.248 e. The van der Waals surface area contributed by atoms with Crippen LogP contribution in [0.3, 0.4) is 0 Å². The van der Waals surface area contributed by atoms with Crippen molar-refractivity contribution in [3.8, 4) is 0 Å². The third-order valence-corrected chi connectivity index (χ3v) is 4.21. The Morgan fingerprint density at radius 3 is 2.70 bits per heavy atom. The molecule has 0 aromatic carbocycles. The molecule has 1 N–H and O–H groups in total. The van der Waals surface area contributed by atoms with Gasteiger partial charge in [-0.1, -0.05) is 19.8 Å². The number of nitrogens with zero attached hydrogens (tertiary/aromatic N) is 1. The average Bonchev–Trinajstić information content (AvgIpc) is 2.86. The van der Waals surface area contributed by atoms with Gasteiger partial charge in [-0.2, -0.15) is 0 Å². The zero-order valence-corrected chi connectivity index (χ0v) is 12.5. The molecule has 1 heterocycles. The largest absolute Gasteiger partial charge is 0.381 e. The van der Waals surface area contributed by atoms with Crippen molar-refractivity contribution < 1.29 is 14.3 Å². The molecule has 1 aliphatic carbocycles. The summed E-state index contributed by atoms with van der Waals surface area (Å²) in [4.78, 5) is 26.4.